The number of pyridine rings is 2. The largest absolute Gasteiger partial charge is 0.374 e. The van der Waals surface area contributed by atoms with E-state index in [-0.39, 0.29) is 41.6 Å². The maximum atomic E-state index is 14.8. The lowest BCUT2D eigenvalue weighted by molar-refractivity contribution is -0.133. The Labute approximate surface area is 317 Å². The second-order valence-electron chi connectivity index (χ2n) is 13.9. The van der Waals surface area contributed by atoms with E-state index in [0.717, 1.165) is 40.6 Å². The number of imide groups is 1. The van der Waals surface area contributed by atoms with Crippen LogP contribution in [0.1, 0.15) is 70.9 Å². The molecule has 2 aliphatic heterocycles. The number of rotatable bonds is 8. The number of hydrogen-bond acceptors (Lipinski definition) is 7. The summed E-state index contributed by atoms with van der Waals surface area (Å²) < 4.78 is 31.3. The molecular weight excluding hydrogens is 703 g/mol. The SMILES string of the molecule is CCc1cc(N2CCCc3cc(-c4ccc(C(=O)NCC#Cc5cccc(NC6CCC(=O)NC6=O)c5)nc4)c(C(F)F)cc32)c2cc(C)c(=O)n(C)c2c1. The zero-order valence-corrected chi connectivity index (χ0v) is 30.8. The van der Waals surface area contributed by atoms with Crippen LogP contribution in [0.5, 0.6) is 0 Å². The first-order valence-electron chi connectivity index (χ1n) is 18.3. The number of alkyl halides is 2. The summed E-state index contributed by atoms with van der Waals surface area (Å²) in [6.07, 6.45) is 1.62. The van der Waals surface area contributed by atoms with Crippen molar-refractivity contribution in [3.05, 3.63) is 117 Å². The van der Waals surface area contributed by atoms with Crippen molar-refractivity contribution >= 4 is 45.7 Å². The molecule has 12 heteroatoms. The van der Waals surface area contributed by atoms with E-state index in [2.05, 4.69) is 50.7 Å². The molecule has 5 aromatic rings. The minimum Gasteiger partial charge on any atom is -0.374 e. The summed E-state index contributed by atoms with van der Waals surface area (Å²) in [5, 5.41) is 9.06. The second-order valence-corrected chi connectivity index (χ2v) is 13.9. The standard InChI is InChI=1S/C43H40F2N6O4/c1-4-26-20-37-33(18-25(2)43(55)50(37)3)38(21-26)51-17-7-10-28-22-31(32(40(44)45)23-36(28)51)29-12-13-34(47-24-29)41(53)46-16-6-9-27-8-5-11-30(19-27)48-35-14-15-39(52)49-42(35)54/h5,8,11-13,18-24,35,40,48H,4,7,10,14-17H2,1-3H3,(H,46,53)(H,49,52,54). The van der Waals surface area contributed by atoms with Gasteiger partial charge in [-0.25, -0.2) is 8.78 Å². The van der Waals surface area contributed by atoms with Crippen molar-refractivity contribution < 1.29 is 23.2 Å². The Bertz CT molecular complexity index is 2470. The summed E-state index contributed by atoms with van der Waals surface area (Å²) in [4.78, 5) is 55.7. The number of fused-ring (bicyclic) bond motifs is 2. The number of piperidine rings is 1. The molecule has 10 nitrogen and oxygen atoms in total. The number of carbonyl (C=O) groups excluding carboxylic acids is 3. The number of halogens is 2. The molecule has 3 aromatic carbocycles. The normalized spacial score (nSPS) is 15.3. The van der Waals surface area contributed by atoms with E-state index in [1.807, 2.05) is 18.2 Å². The minimum absolute atomic E-state index is 0.0379. The smallest absolute Gasteiger partial charge is 0.270 e. The summed E-state index contributed by atoms with van der Waals surface area (Å²) >= 11 is 0. The van der Waals surface area contributed by atoms with Crippen molar-refractivity contribution in [2.45, 2.75) is 58.4 Å². The van der Waals surface area contributed by atoms with Gasteiger partial charge < -0.3 is 20.1 Å². The molecule has 3 amide bonds. The molecule has 0 bridgehead atoms. The van der Waals surface area contributed by atoms with Gasteiger partial charge in [-0.2, -0.15) is 0 Å². The molecule has 7 rings (SSSR count). The van der Waals surface area contributed by atoms with E-state index in [4.69, 9.17) is 0 Å². The molecule has 0 aliphatic carbocycles. The Morgan fingerprint density at radius 1 is 1.04 bits per heavy atom. The van der Waals surface area contributed by atoms with Crippen LogP contribution in [0.4, 0.5) is 25.8 Å². The summed E-state index contributed by atoms with van der Waals surface area (Å²) in [7, 11) is 1.76. The number of anilines is 3. The van der Waals surface area contributed by atoms with Crippen molar-refractivity contribution in [3.8, 4) is 23.0 Å². The quantitative estimate of drug-likeness (QED) is 0.123. The highest BCUT2D eigenvalue weighted by Gasteiger charge is 2.27. The average molecular weight is 743 g/mol. The van der Waals surface area contributed by atoms with Crippen LogP contribution in [0.15, 0.2) is 77.7 Å². The first-order chi connectivity index (χ1) is 26.5. The van der Waals surface area contributed by atoms with Gasteiger partial charge in [-0.15, -0.1) is 0 Å². The average Bonchev–Trinajstić information content (AvgIpc) is 3.19. The van der Waals surface area contributed by atoms with Gasteiger partial charge in [0.25, 0.3) is 17.9 Å². The van der Waals surface area contributed by atoms with Gasteiger partial charge in [0.1, 0.15) is 11.7 Å². The third-order valence-electron chi connectivity index (χ3n) is 10.2. The summed E-state index contributed by atoms with van der Waals surface area (Å²) in [6.45, 7) is 4.52. The zero-order chi connectivity index (χ0) is 38.8. The molecule has 55 heavy (non-hydrogen) atoms. The van der Waals surface area contributed by atoms with Gasteiger partial charge in [0.15, 0.2) is 0 Å². The Morgan fingerprint density at radius 3 is 2.62 bits per heavy atom. The molecule has 2 aromatic heterocycles. The fraction of sp³-hybridized carbons (Fsp3) is 0.279. The van der Waals surface area contributed by atoms with Crippen molar-refractivity contribution in [3.63, 3.8) is 0 Å². The fourth-order valence-corrected chi connectivity index (χ4v) is 7.28. The van der Waals surface area contributed by atoms with E-state index in [1.54, 1.807) is 54.9 Å². The highest BCUT2D eigenvalue weighted by Crippen LogP contribution is 2.43. The van der Waals surface area contributed by atoms with Gasteiger partial charge in [-0.1, -0.05) is 30.9 Å². The van der Waals surface area contributed by atoms with Gasteiger partial charge >= 0.3 is 0 Å². The van der Waals surface area contributed by atoms with Gasteiger partial charge in [0, 0.05) is 65.2 Å². The Morgan fingerprint density at radius 2 is 1.87 bits per heavy atom. The molecule has 0 saturated carbocycles. The third-order valence-corrected chi connectivity index (χ3v) is 10.2. The number of carbonyl (C=O) groups is 3. The predicted molar refractivity (Wildman–Crippen MR) is 209 cm³/mol. The Hall–Kier alpha value is -6.35. The predicted octanol–water partition coefficient (Wildman–Crippen LogP) is 6.49. The number of amides is 3. The highest BCUT2D eigenvalue weighted by atomic mass is 19.3. The number of benzene rings is 3. The summed E-state index contributed by atoms with van der Waals surface area (Å²) in [5.41, 5.74) is 7.11. The molecule has 3 N–H and O–H groups in total. The van der Waals surface area contributed by atoms with Crippen molar-refractivity contribution in [1.29, 1.82) is 0 Å². The maximum Gasteiger partial charge on any atom is 0.270 e. The number of nitrogens with zero attached hydrogens (tertiary/aromatic N) is 3. The van der Waals surface area contributed by atoms with E-state index in [1.165, 1.54) is 12.3 Å². The molecule has 1 unspecified atom stereocenters. The topological polar surface area (TPSA) is 125 Å². The van der Waals surface area contributed by atoms with Crippen LogP contribution in [0, 0.1) is 18.8 Å². The lowest BCUT2D eigenvalue weighted by atomic mass is 9.91. The minimum atomic E-state index is -2.76. The maximum absolute atomic E-state index is 14.8. The number of aromatic nitrogens is 2. The van der Waals surface area contributed by atoms with Crippen LogP contribution in [-0.2, 0) is 29.5 Å². The molecule has 1 fully saturated rings. The van der Waals surface area contributed by atoms with Crippen molar-refractivity contribution in [2.75, 3.05) is 23.3 Å². The van der Waals surface area contributed by atoms with Crippen LogP contribution in [-0.4, -0.2) is 46.4 Å². The molecule has 280 valence electrons. The van der Waals surface area contributed by atoms with Gasteiger partial charge in [0.2, 0.25) is 11.8 Å². The van der Waals surface area contributed by atoms with Gasteiger partial charge in [-0.3, -0.25) is 29.5 Å². The lowest BCUT2D eigenvalue weighted by Gasteiger charge is -2.34. The molecule has 4 heterocycles. The molecule has 1 saturated heterocycles. The molecule has 0 spiro atoms. The van der Waals surface area contributed by atoms with Crippen molar-refractivity contribution in [2.24, 2.45) is 7.05 Å². The van der Waals surface area contributed by atoms with Crippen LogP contribution in [0.25, 0.3) is 22.0 Å². The van der Waals surface area contributed by atoms with Crippen LogP contribution < -0.4 is 26.4 Å². The Kier molecular flexibility index (Phi) is 10.5. The van der Waals surface area contributed by atoms with E-state index in [9.17, 15) is 28.0 Å². The van der Waals surface area contributed by atoms with Crippen LogP contribution in [0.2, 0.25) is 0 Å². The lowest BCUT2D eigenvalue weighted by Crippen LogP contribution is -2.47. The van der Waals surface area contributed by atoms with Gasteiger partial charge in [-0.05, 0) is 104 Å². The fourth-order valence-electron chi connectivity index (χ4n) is 7.28. The van der Waals surface area contributed by atoms with E-state index >= 15 is 0 Å². The summed E-state index contributed by atoms with van der Waals surface area (Å²) in [6, 6.07) is 19.2. The molecule has 2 aliphatic rings. The number of aryl methyl sites for hydroxylation is 4. The highest BCUT2D eigenvalue weighted by molar-refractivity contribution is 6.01. The van der Waals surface area contributed by atoms with E-state index < -0.39 is 18.4 Å². The summed E-state index contributed by atoms with van der Waals surface area (Å²) in [5.74, 6) is 4.79. The first-order valence-corrected chi connectivity index (χ1v) is 18.3. The molecular formula is C43H40F2N6O4. The van der Waals surface area contributed by atoms with Gasteiger partial charge in [0.05, 0.1) is 17.7 Å². The second kappa shape index (κ2) is 15.6. The van der Waals surface area contributed by atoms with Crippen molar-refractivity contribution in [1.82, 2.24) is 20.2 Å². The molecule has 0 radical (unpaired) electrons. The Balaban J connectivity index is 1.08. The third kappa shape index (κ3) is 7.69. The zero-order valence-electron chi connectivity index (χ0n) is 30.8. The monoisotopic (exact) mass is 742 g/mol. The first kappa shape index (κ1) is 37.0. The van der Waals surface area contributed by atoms with E-state index in [0.29, 0.717) is 53.0 Å². The van der Waals surface area contributed by atoms with Crippen LogP contribution >= 0.6 is 0 Å². The molecule has 1 atom stereocenters. The van der Waals surface area contributed by atoms with Crippen LogP contribution in [0.3, 0.4) is 0 Å². The number of hydrogen-bond donors (Lipinski definition) is 3. The number of nitrogens with one attached hydrogen (secondary N) is 3.